The van der Waals surface area contributed by atoms with Gasteiger partial charge in [0.05, 0.1) is 12.8 Å². The summed E-state index contributed by atoms with van der Waals surface area (Å²) in [6.07, 6.45) is 2.64. The number of anilines is 1. The maximum absolute atomic E-state index is 12.0. The number of fused-ring (bicyclic) bond motifs is 1. The van der Waals surface area contributed by atoms with Crippen molar-refractivity contribution in [3.05, 3.63) is 54.0 Å². The first-order chi connectivity index (χ1) is 9.25. The van der Waals surface area contributed by atoms with Crippen LogP contribution in [0.5, 0.6) is 0 Å². The second-order valence-electron chi connectivity index (χ2n) is 4.51. The van der Waals surface area contributed by atoms with Crippen molar-refractivity contribution >= 4 is 17.4 Å². The largest absolute Gasteiger partial charge is 0.461 e. The molecule has 0 bridgehead atoms. The number of rotatable bonds is 3. The first-order valence-electron chi connectivity index (χ1n) is 6.20. The number of hydrogen-bond donors (Lipinski definition) is 0. The van der Waals surface area contributed by atoms with Gasteiger partial charge in [-0.2, -0.15) is 0 Å². The molecule has 0 aliphatic carbocycles. The highest BCUT2D eigenvalue weighted by atomic mass is 16.3. The summed E-state index contributed by atoms with van der Waals surface area (Å²) in [5.41, 5.74) is 1.94. The van der Waals surface area contributed by atoms with Crippen LogP contribution < -0.4 is 4.90 Å². The molecule has 1 aromatic carbocycles. The molecule has 0 radical (unpaired) electrons. The lowest BCUT2D eigenvalue weighted by Gasteiger charge is -2.28. The van der Waals surface area contributed by atoms with Crippen LogP contribution in [0, 0.1) is 0 Å². The number of benzene rings is 1. The standard InChI is InChI=1S/C15H13NO3/c17-13(14-6-3-9-19-14)10-16-12-5-2-1-4-11(12)7-8-15(16)18/h1-6,9H,7-8,10H2. The Kier molecular flexibility index (Phi) is 2.91. The number of carbonyl (C=O) groups excluding carboxylic acids is 2. The van der Waals surface area contributed by atoms with Gasteiger partial charge in [0.2, 0.25) is 11.7 Å². The van der Waals surface area contributed by atoms with Gasteiger partial charge in [0.15, 0.2) is 5.76 Å². The van der Waals surface area contributed by atoms with Gasteiger partial charge in [-0.05, 0) is 30.2 Å². The van der Waals surface area contributed by atoms with Crippen LogP contribution in [-0.2, 0) is 11.2 Å². The third kappa shape index (κ3) is 2.17. The summed E-state index contributed by atoms with van der Waals surface area (Å²) in [6.45, 7) is 0.0311. The van der Waals surface area contributed by atoms with E-state index in [1.54, 1.807) is 17.0 Å². The zero-order chi connectivity index (χ0) is 13.2. The van der Waals surface area contributed by atoms with Gasteiger partial charge < -0.3 is 9.32 Å². The Labute approximate surface area is 110 Å². The average molecular weight is 255 g/mol. The lowest BCUT2D eigenvalue weighted by molar-refractivity contribution is -0.118. The van der Waals surface area contributed by atoms with Gasteiger partial charge in [0.25, 0.3) is 0 Å². The molecule has 0 saturated heterocycles. The molecule has 19 heavy (non-hydrogen) atoms. The zero-order valence-corrected chi connectivity index (χ0v) is 10.3. The summed E-state index contributed by atoms with van der Waals surface area (Å²) < 4.78 is 5.07. The van der Waals surface area contributed by atoms with E-state index in [9.17, 15) is 9.59 Å². The Balaban J connectivity index is 1.88. The van der Waals surface area contributed by atoms with Gasteiger partial charge in [-0.3, -0.25) is 9.59 Å². The van der Waals surface area contributed by atoms with Crippen LogP contribution in [0.1, 0.15) is 22.5 Å². The predicted octanol–water partition coefficient (Wildman–Crippen LogP) is 2.44. The quantitative estimate of drug-likeness (QED) is 0.791. The number of Topliss-reactive ketones (excluding diaryl/α,β-unsaturated/α-hetero) is 1. The topological polar surface area (TPSA) is 50.5 Å². The maximum atomic E-state index is 12.0. The highest BCUT2D eigenvalue weighted by Crippen LogP contribution is 2.27. The smallest absolute Gasteiger partial charge is 0.227 e. The molecule has 0 spiro atoms. The summed E-state index contributed by atoms with van der Waals surface area (Å²) in [7, 11) is 0. The molecule has 96 valence electrons. The van der Waals surface area contributed by atoms with Crippen molar-refractivity contribution in [2.45, 2.75) is 12.8 Å². The number of furan rings is 1. The van der Waals surface area contributed by atoms with Crippen molar-refractivity contribution in [3.63, 3.8) is 0 Å². The molecular formula is C15H13NO3. The van der Waals surface area contributed by atoms with Crippen molar-refractivity contribution in [2.24, 2.45) is 0 Å². The third-order valence-electron chi connectivity index (χ3n) is 3.29. The van der Waals surface area contributed by atoms with Crippen molar-refractivity contribution < 1.29 is 14.0 Å². The maximum Gasteiger partial charge on any atom is 0.227 e. The predicted molar refractivity (Wildman–Crippen MR) is 70.2 cm³/mol. The van der Waals surface area contributed by atoms with Crippen LogP contribution in [0.25, 0.3) is 0 Å². The normalized spacial score (nSPS) is 14.3. The van der Waals surface area contributed by atoms with E-state index in [4.69, 9.17) is 4.42 Å². The van der Waals surface area contributed by atoms with Crippen LogP contribution in [0.3, 0.4) is 0 Å². The Hall–Kier alpha value is -2.36. The summed E-state index contributed by atoms with van der Waals surface area (Å²) in [5.74, 6) is 0.0875. The number of ketones is 1. The van der Waals surface area contributed by atoms with Crippen molar-refractivity contribution in [1.82, 2.24) is 0 Å². The molecule has 0 atom stereocenters. The Morgan fingerprint density at radius 2 is 2.00 bits per heavy atom. The minimum absolute atomic E-state index is 0.0152. The molecule has 0 unspecified atom stereocenters. The van der Waals surface area contributed by atoms with E-state index in [2.05, 4.69) is 0 Å². The lowest BCUT2D eigenvalue weighted by Crippen LogP contribution is -2.38. The summed E-state index contributed by atoms with van der Waals surface area (Å²) in [4.78, 5) is 25.6. The highest BCUT2D eigenvalue weighted by Gasteiger charge is 2.26. The van der Waals surface area contributed by atoms with Gasteiger partial charge >= 0.3 is 0 Å². The van der Waals surface area contributed by atoms with Gasteiger partial charge in [-0.25, -0.2) is 0 Å². The van der Waals surface area contributed by atoms with E-state index in [0.29, 0.717) is 6.42 Å². The molecule has 1 amide bonds. The highest BCUT2D eigenvalue weighted by molar-refractivity contribution is 6.05. The summed E-state index contributed by atoms with van der Waals surface area (Å²) in [5, 5.41) is 0. The van der Waals surface area contributed by atoms with Crippen molar-refractivity contribution in [1.29, 1.82) is 0 Å². The molecule has 3 rings (SSSR count). The second kappa shape index (κ2) is 4.72. The Morgan fingerprint density at radius 1 is 1.16 bits per heavy atom. The number of nitrogens with zero attached hydrogens (tertiary/aromatic N) is 1. The number of para-hydroxylation sites is 1. The molecule has 1 aliphatic heterocycles. The lowest BCUT2D eigenvalue weighted by atomic mass is 10.0. The molecule has 0 saturated carbocycles. The summed E-state index contributed by atoms with van der Waals surface area (Å²) in [6, 6.07) is 11.0. The Morgan fingerprint density at radius 3 is 2.79 bits per heavy atom. The molecule has 1 aromatic heterocycles. The molecular weight excluding hydrogens is 242 g/mol. The summed E-state index contributed by atoms with van der Waals surface area (Å²) >= 11 is 0. The molecule has 4 nitrogen and oxygen atoms in total. The number of carbonyl (C=O) groups is 2. The van der Waals surface area contributed by atoms with E-state index in [-0.39, 0.29) is 24.0 Å². The minimum atomic E-state index is -0.185. The fraction of sp³-hybridized carbons (Fsp3) is 0.200. The molecule has 2 heterocycles. The first-order valence-corrected chi connectivity index (χ1v) is 6.20. The van der Waals surface area contributed by atoms with Crippen LogP contribution in [0.2, 0.25) is 0 Å². The number of amides is 1. The van der Waals surface area contributed by atoms with Gasteiger partial charge in [-0.15, -0.1) is 0 Å². The van der Waals surface area contributed by atoms with Crippen molar-refractivity contribution in [2.75, 3.05) is 11.4 Å². The van der Waals surface area contributed by atoms with E-state index in [1.165, 1.54) is 6.26 Å². The minimum Gasteiger partial charge on any atom is -0.461 e. The van der Waals surface area contributed by atoms with Crippen LogP contribution >= 0.6 is 0 Å². The van der Waals surface area contributed by atoms with E-state index in [0.717, 1.165) is 17.7 Å². The van der Waals surface area contributed by atoms with E-state index >= 15 is 0 Å². The van der Waals surface area contributed by atoms with Gasteiger partial charge in [-0.1, -0.05) is 18.2 Å². The first kappa shape index (κ1) is 11.7. The van der Waals surface area contributed by atoms with Crippen LogP contribution in [0.15, 0.2) is 47.1 Å². The molecule has 0 N–H and O–H groups in total. The van der Waals surface area contributed by atoms with Crippen LogP contribution in [-0.4, -0.2) is 18.2 Å². The third-order valence-corrected chi connectivity index (χ3v) is 3.29. The van der Waals surface area contributed by atoms with E-state index < -0.39 is 0 Å². The fourth-order valence-corrected chi connectivity index (χ4v) is 2.33. The van der Waals surface area contributed by atoms with Crippen LogP contribution in [0.4, 0.5) is 5.69 Å². The van der Waals surface area contributed by atoms with Gasteiger partial charge in [0.1, 0.15) is 0 Å². The monoisotopic (exact) mass is 255 g/mol. The molecule has 4 heteroatoms. The second-order valence-corrected chi connectivity index (χ2v) is 4.51. The fourth-order valence-electron chi connectivity index (χ4n) is 2.33. The van der Waals surface area contributed by atoms with Crippen molar-refractivity contribution in [3.8, 4) is 0 Å². The average Bonchev–Trinajstić information content (AvgIpc) is 2.96. The van der Waals surface area contributed by atoms with Gasteiger partial charge in [0, 0.05) is 12.1 Å². The molecule has 0 fully saturated rings. The Bertz CT molecular complexity index is 616. The number of hydrogen-bond acceptors (Lipinski definition) is 3. The zero-order valence-electron chi connectivity index (χ0n) is 10.3. The number of aryl methyl sites for hydroxylation is 1. The van der Waals surface area contributed by atoms with E-state index in [1.807, 2.05) is 24.3 Å². The SMILES string of the molecule is O=C(CN1C(=O)CCc2ccccc21)c1ccco1. The molecule has 2 aromatic rings. The molecule has 1 aliphatic rings.